The van der Waals surface area contributed by atoms with Gasteiger partial charge in [0.15, 0.2) is 0 Å². The number of hydrogen-bond donors (Lipinski definition) is 0. The fraction of sp³-hybridized carbons (Fsp3) is 0. The van der Waals surface area contributed by atoms with E-state index in [-0.39, 0.29) is 0 Å². The Hall–Kier alpha value is -5.90. The third-order valence-corrected chi connectivity index (χ3v) is 10.2. The molecule has 0 amide bonds. The number of anilines is 3. The highest BCUT2D eigenvalue weighted by atomic mass is 32.1. The number of hydrogen-bond acceptors (Lipinski definition) is 2. The van der Waals surface area contributed by atoms with Crippen LogP contribution in [0.4, 0.5) is 17.1 Å². The maximum absolute atomic E-state index is 2.50. The smallest absolute Gasteiger partial charge is 0.109 e. The molecule has 9 rings (SSSR count). The van der Waals surface area contributed by atoms with Gasteiger partial charge in [0.2, 0.25) is 0 Å². The zero-order valence-corrected chi connectivity index (χ0v) is 26.4. The summed E-state index contributed by atoms with van der Waals surface area (Å²) in [5.74, 6) is 0. The number of fused-ring (bicyclic) bond motifs is 5. The molecule has 222 valence electrons. The SMILES string of the molecule is c1ccc(-c2c3ccccc3n3c2sc2c(-c4ccc(N(c5ccccc5)c5ccccc5)cc4)ccc(-c4ccccc4)c23)cc1. The predicted octanol–water partition coefficient (Wildman–Crippen LogP) is 12.8. The van der Waals surface area contributed by atoms with Crippen molar-refractivity contribution < 1.29 is 0 Å². The standard InChI is InChI=1S/C44H30N2S/c1-5-15-31(16-6-1)37-29-30-38(32-25-27-36(28-26-32)45(34-19-9-3-10-20-34)35-21-11-4-12-22-35)43-42(37)46-40-24-14-13-23-39(40)41(44(46)47-43)33-17-7-2-8-18-33/h1-30H. The summed E-state index contributed by atoms with van der Waals surface area (Å²) in [6.07, 6.45) is 0. The van der Waals surface area contributed by atoms with Gasteiger partial charge in [-0.15, -0.1) is 11.3 Å². The molecule has 0 bridgehead atoms. The van der Waals surface area contributed by atoms with E-state index in [4.69, 9.17) is 0 Å². The Morgan fingerprint density at radius 2 is 0.894 bits per heavy atom. The quantitative estimate of drug-likeness (QED) is 0.180. The number of nitrogens with zero attached hydrogens (tertiary/aromatic N) is 2. The average Bonchev–Trinajstić information content (AvgIpc) is 3.69. The van der Waals surface area contributed by atoms with Crippen molar-refractivity contribution >= 4 is 54.3 Å². The minimum Gasteiger partial charge on any atom is -0.311 e. The van der Waals surface area contributed by atoms with E-state index in [1.54, 1.807) is 0 Å². The Morgan fingerprint density at radius 3 is 1.53 bits per heavy atom. The van der Waals surface area contributed by atoms with Gasteiger partial charge in [0.25, 0.3) is 0 Å². The van der Waals surface area contributed by atoms with Crippen LogP contribution in [0, 0.1) is 0 Å². The van der Waals surface area contributed by atoms with Crippen molar-refractivity contribution in [3.05, 3.63) is 182 Å². The molecule has 7 aromatic carbocycles. The molecule has 3 heteroatoms. The van der Waals surface area contributed by atoms with Gasteiger partial charge in [0.05, 0.1) is 15.7 Å². The largest absolute Gasteiger partial charge is 0.311 e. The fourth-order valence-electron chi connectivity index (χ4n) is 6.88. The molecule has 0 saturated heterocycles. The topological polar surface area (TPSA) is 7.65 Å². The van der Waals surface area contributed by atoms with Gasteiger partial charge in [0, 0.05) is 39.1 Å². The number of thiazole rings is 1. The Bertz CT molecular complexity index is 2440. The van der Waals surface area contributed by atoms with Gasteiger partial charge in [0.1, 0.15) is 4.83 Å². The van der Waals surface area contributed by atoms with Crippen LogP contribution in [0.3, 0.4) is 0 Å². The molecular formula is C44H30N2S. The second-order valence-electron chi connectivity index (χ2n) is 11.8. The molecule has 2 heterocycles. The molecular weight excluding hydrogens is 589 g/mol. The maximum Gasteiger partial charge on any atom is 0.109 e. The number of para-hydroxylation sites is 3. The summed E-state index contributed by atoms with van der Waals surface area (Å²) in [7, 11) is 0. The Balaban J connectivity index is 1.28. The van der Waals surface area contributed by atoms with E-state index in [0.717, 1.165) is 17.1 Å². The van der Waals surface area contributed by atoms with Crippen molar-refractivity contribution in [2.24, 2.45) is 0 Å². The van der Waals surface area contributed by atoms with Crippen LogP contribution >= 0.6 is 11.3 Å². The highest BCUT2D eigenvalue weighted by molar-refractivity contribution is 7.25. The van der Waals surface area contributed by atoms with Gasteiger partial charge in [-0.1, -0.05) is 140 Å². The van der Waals surface area contributed by atoms with Crippen LogP contribution < -0.4 is 4.90 Å². The molecule has 0 spiro atoms. The summed E-state index contributed by atoms with van der Waals surface area (Å²) in [5, 5.41) is 1.28. The zero-order chi connectivity index (χ0) is 31.2. The van der Waals surface area contributed by atoms with E-state index in [1.165, 1.54) is 59.3 Å². The van der Waals surface area contributed by atoms with Crippen molar-refractivity contribution in [2.45, 2.75) is 0 Å². The van der Waals surface area contributed by atoms with Gasteiger partial charge < -0.3 is 4.90 Å². The summed E-state index contributed by atoms with van der Waals surface area (Å²) in [6, 6.07) is 65.3. The molecule has 0 aliphatic rings. The molecule has 0 aliphatic carbocycles. The van der Waals surface area contributed by atoms with Crippen LogP contribution in [0.25, 0.3) is 59.3 Å². The molecule has 0 saturated carbocycles. The lowest BCUT2D eigenvalue weighted by Crippen LogP contribution is -2.09. The van der Waals surface area contributed by atoms with E-state index in [1.807, 2.05) is 11.3 Å². The number of rotatable bonds is 6. The van der Waals surface area contributed by atoms with Crippen molar-refractivity contribution in [3.8, 4) is 33.4 Å². The molecule has 0 radical (unpaired) electrons. The summed E-state index contributed by atoms with van der Waals surface area (Å²) < 4.78 is 3.80. The minimum atomic E-state index is 1.12. The first kappa shape index (κ1) is 27.4. The first-order valence-electron chi connectivity index (χ1n) is 16.0. The number of benzene rings is 7. The second-order valence-corrected chi connectivity index (χ2v) is 12.8. The highest BCUT2D eigenvalue weighted by Crippen LogP contribution is 2.47. The normalized spacial score (nSPS) is 11.4. The lowest BCUT2D eigenvalue weighted by Gasteiger charge is -2.25. The van der Waals surface area contributed by atoms with E-state index in [9.17, 15) is 0 Å². The fourth-order valence-corrected chi connectivity index (χ4v) is 8.28. The van der Waals surface area contributed by atoms with E-state index < -0.39 is 0 Å². The monoisotopic (exact) mass is 618 g/mol. The molecule has 0 N–H and O–H groups in total. The van der Waals surface area contributed by atoms with Gasteiger partial charge in [-0.05, 0) is 59.2 Å². The summed E-state index contributed by atoms with van der Waals surface area (Å²) >= 11 is 1.90. The number of aromatic nitrogens is 1. The molecule has 47 heavy (non-hydrogen) atoms. The Morgan fingerprint density at radius 1 is 0.404 bits per heavy atom. The van der Waals surface area contributed by atoms with Crippen LogP contribution in [-0.4, -0.2) is 4.40 Å². The summed E-state index contributed by atoms with van der Waals surface area (Å²) in [6.45, 7) is 0. The first-order chi connectivity index (χ1) is 23.3. The summed E-state index contributed by atoms with van der Waals surface area (Å²) in [5.41, 5.74) is 13.3. The van der Waals surface area contributed by atoms with E-state index >= 15 is 0 Å². The average molecular weight is 619 g/mol. The molecule has 0 atom stereocenters. The molecule has 2 nitrogen and oxygen atoms in total. The second kappa shape index (κ2) is 11.5. The molecule has 9 aromatic rings. The van der Waals surface area contributed by atoms with Crippen molar-refractivity contribution in [1.29, 1.82) is 0 Å². The molecule has 0 fully saturated rings. The maximum atomic E-state index is 2.50. The van der Waals surface area contributed by atoms with Gasteiger partial charge in [-0.25, -0.2) is 0 Å². The lowest BCUT2D eigenvalue weighted by atomic mass is 9.98. The van der Waals surface area contributed by atoms with E-state index in [2.05, 4.69) is 191 Å². The van der Waals surface area contributed by atoms with Crippen LogP contribution in [0.2, 0.25) is 0 Å². The predicted molar refractivity (Wildman–Crippen MR) is 201 cm³/mol. The van der Waals surface area contributed by atoms with Crippen LogP contribution in [-0.2, 0) is 0 Å². The van der Waals surface area contributed by atoms with Gasteiger partial charge in [-0.3, -0.25) is 4.40 Å². The van der Waals surface area contributed by atoms with Crippen molar-refractivity contribution in [3.63, 3.8) is 0 Å². The molecule has 0 aliphatic heterocycles. The molecule has 2 aromatic heterocycles. The third kappa shape index (κ3) is 4.63. The van der Waals surface area contributed by atoms with Gasteiger partial charge >= 0.3 is 0 Å². The molecule has 0 unspecified atom stereocenters. The third-order valence-electron chi connectivity index (χ3n) is 9.00. The summed E-state index contributed by atoms with van der Waals surface area (Å²) in [4.78, 5) is 3.58. The minimum absolute atomic E-state index is 1.12. The first-order valence-corrected chi connectivity index (χ1v) is 16.8. The lowest BCUT2D eigenvalue weighted by molar-refractivity contribution is 1.28. The van der Waals surface area contributed by atoms with Crippen LogP contribution in [0.1, 0.15) is 0 Å². The van der Waals surface area contributed by atoms with Gasteiger partial charge in [-0.2, -0.15) is 0 Å². The Labute approximate surface area is 278 Å². The van der Waals surface area contributed by atoms with E-state index in [0.29, 0.717) is 0 Å². The van der Waals surface area contributed by atoms with Crippen LogP contribution in [0.5, 0.6) is 0 Å². The zero-order valence-electron chi connectivity index (χ0n) is 25.6. The Kier molecular flexibility index (Phi) is 6.69. The highest BCUT2D eigenvalue weighted by Gasteiger charge is 2.22. The van der Waals surface area contributed by atoms with Crippen molar-refractivity contribution in [2.75, 3.05) is 4.90 Å². The van der Waals surface area contributed by atoms with Crippen molar-refractivity contribution in [1.82, 2.24) is 4.40 Å². The van der Waals surface area contributed by atoms with Crippen LogP contribution in [0.15, 0.2) is 182 Å².